The molecule has 0 fully saturated rings. The second kappa shape index (κ2) is 8.97. The van der Waals surface area contributed by atoms with E-state index in [2.05, 4.69) is 22.1 Å². The highest BCUT2D eigenvalue weighted by Crippen LogP contribution is 2.15. The van der Waals surface area contributed by atoms with E-state index in [0.29, 0.717) is 24.5 Å². The summed E-state index contributed by atoms with van der Waals surface area (Å²) in [5, 5.41) is 2.80. The number of ether oxygens (including phenoxy) is 1. The molecule has 2 aromatic heterocycles. The van der Waals surface area contributed by atoms with Gasteiger partial charge >= 0.3 is 0 Å². The average molecular weight is 395 g/mol. The number of carbonyl (C=O) groups excluding carboxylic acids is 1. The Morgan fingerprint density at radius 1 is 1.03 bits per heavy atom. The largest absolute Gasteiger partial charge is 0.487 e. The van der Waals surface area contributed by atoms with Gasteiger partial charge in [-0.2, -0.15) is 0 Å². The molecule has 1 amide bonds. The van der Waals surface area contributed by atoms with Crippen molar-refractivity contribution in [2.75, 3.05) is 6.54 Å². The van der Waals surface area contributed by atoms with Crippen LogP contribution in [0.2, 0.25) is 0 Å². The van der Waals surface area contributed by atoms with Crippen LogP contribution in [0.5, 0.6) is 5.75 Å². The fraction of sp³-hybridized carbons (Fsp3) is 0.120. The molecule has 4 aromatic rings. The molecule has 1 N–H and O–H groups in total. The lowest BCUT2D eigenvalue weighted by molar-refractivity contribution is 0.0958. The zero-order valence-electron chi connectivity index (χ0n) is 16.6. The lowest BCUT2D eigenvalue weighted by Crippen LogP contribution is -2.23. The van der Waals surface area contributed by atoms with Gasteiger partial charge in [-0.3, -0.25) is 4.79 Å². The Bertz CT molecular complexity index is 1220. The summed E-state index contributed by atoms with van der Waals surface area (Å²) in [5.74, 6) is 6.48. The molecule has 5 heteroatoms. The van der Waals surface area contributed by atoms with Crippen LogP contribution < -0.4 is 10.1 Å². The summed E-state index contributed by atoms with van der Waals surface area (Å²) in [7, 11) is 0. The highest BCUT2D eigenvalue weighted by atomic mass is 16.5. The minimum absolute atomic E-state index is 0.167. The smallest absolute Gasteiger partial charge is 0.252 e. The Morgan fingerprint density at radius 3 is 2.63 bits per heavy atom. The summed E-state index contributed by atoms with van der Waals surface area (Å²) in [6.45, 7) is 2.70. The fourth-order valence-corrected chi connectivity index (χ4v) is 2.98. The first-order chi connectivity index (χ1) is 14.7. The maximum Gasteiger partial charge on any atom is 0.252 e. The van der Waals surface area contributed by atoms with E-state index in [4.69, 9.17) is 4.74 Å². The van der Waals surface area contributed by atoms with E-state index < -0.39 is 0 Å². The van der Waals surface area contributed by atoms with E-state index in [1.54, 1.807) is 24.3 Å². The maximum atomic E-state index is 12.2. The summed E-state index contributed by atoms with van der Waals surface area (Å²) in [5.41, 5.74) is 4.40. The molecular formula is C25H21N3O2. The lowest BCUT2D eigenvalue weighted by Gasteiger charge is -2.06. The van der Waals surface area contributed by atoms with Gasteiger partial charge < -0.3 is 14.5 Å². The van der Waals surface area contributed by atoms with Crippen LogP contribution in [0, 0.1) is 18.8 Å². The summed E-state index contributed by atoms with van der Waals surface area (Å²) in [6.07, 6.45) is 3.99. The summed E-state index contributed by atoms with van der Waals surface area (Å²) < 4.78 is 7.79. The Hall–Kier alpha value is -4.04. The summed E-state index contributed by atoms with van der Waals surface area (Å²) >= 11 is 0. The first-order valence-corrected chi connectivity index (χ1v) is 9.66. The van der Waals surface area contributed by atoms with Crippen molar-refractivity contribution in [3.8, 4) is 17.6 Å². The lowest BCUT2D eigenvalue weighted by atomic mass is 10.2. The van der Waals surface area contributed by atoms with Crippen LogP contribution in [-0.4, -0.2) is 21.8 Å². The third-order valence-electron chi connectivity index (χ3n) is 4.50. The van der Waals surface area contributed by atoms with E-state index in [0.717, 1.165) is 16.9 Å². The number of imidazole rings is 1. The van der Waals surface area contributed by atoms with Crippen LogP contribution in [-0.2, 0) is 6.61 Å². The van der Waals surface area contributed by atoms with Crippen molar-refractivity contribution in [2.45, 2.75) is 13.5 Å². The van der Waals surface area contributed by atoms with Crippen molar-refractivity contribution < 1.29 is 9.53 Å². The van der Waals surface area contributed by atoms with Gasteiger partial charge in [0.2, 0.25) is 0 Å². The Morgan fingerprint density at radius 2 is 1.83 bits per heavy atom. The van der Waals surface area contributed by atoms with Gasteiger partial charge in [0.25, 0.3) is 5.91 Å². The highest BCUT2D eigenvalue weighted by molar-refractivity contribution is 5.94. The van der Waals surface area contributed by atoms with E-state index in [1.165, 1.54) is 5.56 Å². The number of fused-ring (bicyclic) bond motifs is 1. The summed E-state index contributed by atoms with van der Waals surface area (Å²) in [4.78, 5) is 16.8. The molecule has 0 saturated heterocycles. The van der Waals surface area contributed by atoms with E-state index in [9.17, 15) is 4.79 Å². The van der Waals surface area contributed by atoms with Gasteiger partial charge in [0.15, 0.2) is 0 Å². The predicted octanol–water partition coefficient (Wildman–Crippen LogP) is 4.00. The Kier molecular flexibility index (Phi) is 5.77. The van der Waals surface area contributed by atoms with Crippen molar-refractivity contribution in [1.82, 2.24) is 14.7 Å². The van der Waals surface area contributed by atoms with Crippen molar-refractivity contribution >= 4 is 11.6 Å². The van der Waals surface area contributed by atoms with E-state index >= 15 is 0 Å². The van der Waals surface area contributed by atoms with Gasteiger partial charge in [-0.25, -0.2) is 4.98 Å². The number of carbonyl (C=O) groups is 1. The molecule has 0 bridgehead atoms. The fourth-order valence-electron chi connectivity index (χ4n) is 2.98. The number of amides is 1. The SMILES string of the molecule is Cc1ccc2nc(COc3ccc(C(=O)NCC#Cc4ccccc4)cc3)cn2c1. The van der Waals surface area contributed by atoms with E-state index in [-0.39, 0.29) is 5.91 Å². The second-order valence-corrected chi connectivity index (χ2v) is 6.87. The van der Waals surface area contributed by atoms with Gasteiger partial charge in [-0.1, -0.05) is 36.1 Å². The molecule has 148 valence electrons. The standard InChI is InChI=1S/C25H21N3O2/c1-19-9-14-24-27-22(17-28(24)16-19)18-30-23-12-10-21(11-13-23)25(29)26-15-5-8-20-6-3-2-4-7-20/h2-4,6-7,9-14,16-17H,15,18H2,1H3,(H,26,29). The molecule has 0 aliphatic rings. The first-order valence-electron chi connectivity index (χ1n) is 9.66. The van der Waals surface area contributed by atoms with Gasteiger partial charge in [-0.15, -0.1) is 0 Å². The molecule has 0 unspecified atom stereocenters. The molecular weight excluding hydrogens is 374 g/mol. The normalized spacial score (nSPS) is 10.3. The quantitative estimate of drug-likeness (QED) is 0.520. The van der Waals surface area contributed by atoms with E-state index in [1.807, 2.05) is 66.2 Å². The molecule has 30 heavy (non-hydrogen) atoms. The molecule has 2 aromatic carbocycles. The average Bonchev–Trinajstić information content (AvgIpc) is 3.18. The third-order valence-corrected chi connectivity index (χ3v) is 4.50. The number of nitrogens with one attached hydrogen (secondary N) is 1. The first kappa shape index (κ1) is 19.3. The van der Waals surface area contributed by atoms with Crippen LogP contribution >= 0.6 is 0 Å². The number of pyridine rings is 1. The minimum atomic E-state index is -0.167. The van der Waals surface area contributed by atoms with Gasteiger partial charge in [0.1, 0.15) is 18.0 Å². The van der Waals surface area contributed by atoms with Gasteiger partial charge in [0.05, 0.1) is 12.2 Å². The Balaban J connectivity index is 1.29. The van der Waals surface area contributed by atoms with Crippen molar-refractivity contribution in [3.63, 3.8) is 0 Å². The molecule has 4 rings (SSSR count). The topological polar surface area (TPSA) is 55.6 Å². The molecule has 0 aliphatic carbocycles. The molecule has 0 aliphatic heterocycles. The highest BCUT2D eigenvalue weighted by Gasteiger charge is 2.06. The minimum Gasteiger partial charge on any atom is -0.487 e. The Labute approximate surface area is 175 Å². The van der Waals surface area contributed by atoms with Gasteiger partial charge in [-0.05, 0) is 55.0 Å². The van der Waals surface area contributed by atoms with Crippen LogP contribution in [0.15, 0.2) is 79.1 Å². The third kappa shape index (κ3) is 4.86. The van der Waals surface area contributed by atoms with Gasteiger partial charge in [0, 0.05) is 23.5 Å². The molecule has 5 nitrogen and oxygen atoms in total. The zero-order valence-corrected chi connectivity index (χ0v) is 16.6. The van der Waals surface area contributed by atoms with Crippen LogP contribution in [0.4, 0.5) is 0 Å². The number of benzene rings is 2. The number of rotatable bonds is 5. The maximum absolute atomic E-state index is 12.2. The molecule has 0 atom stereocenters. The van der Waals surface area contributed by atoms with Crippen LogP contribution in [0.25, 0.3) is 5.65 Å². The van der Waals surface area contributed by atoms with Crippen molar-refractivity contribution in [1.29, 1.82) is 0 Å². The number of hydrogen-bond acceptors (Lipinski definition) is 3. The van der Waals surface area contributed by atoms with Crippen LogP contribution in [0.3, 0.4) is 0 Å². The molecule has 2 heterocycles. The monoisotopic (exact) mass is 395 g/mol. The van der Waals surface area contributed by atoms with Crippen molar-refractivity contribution in [3.05, 3.63) is 102 Å². The molecule has 0 radical (unpaired) electrons. The number of aromatic nitrogens is 2. The predicted molar refractivity (Wildman–Crippen MR) is 116 cm³/mol. The summed E-state index contributed by atoms with van der Waals surface area (Å²) in [6, 6.07) is 20.7. The molecule has 0 spiro atoms. The zero-order chi connectivity index (χ0) is 20.8. The number of hydrogen-bond donors (Lipinski definition) is 1. The number of aryl methyl sites for hydroxylation is 1. The van der Waals surface area contributed by atoms with Crippen molar-refractivity contribution in [2.24, 2.45) is 0 Å². The molecule has 0 saturated carbocycles. The van der Waals surface area contributed by atoms with Crippen LogP contribution in [0.1, 0.15) is 27.2 Å². The number of nitrogens with zero attached hydrogens (tertiary/aromatic N) is 2. The second-order valence-electron chi connectivity index (χ2n) is 6.87.